The third-order valence-electron chi connectivity index (χ3n) is 3.48. The lowest BCUT2D eigenvalue weighted by molar-refractivity contribution is 0.0844. The highest BCUT2D eigenvalue weighted by Crippen LogP contribution is 2.25. The molecule has 0 unspecified atom stereocenters. The van der Waals surface area contributed by atoms with Crippen LogP contribution in [0.3, 0.4) is 0 Å². The minimum atomic E-state index is -0.0615. The van der Waals surface area contributed by atoms with E-state index in [0.717, 1.165) is 31.7 Å². The largest absolute Gasteiger partial charge is 0.381 e. The number of nitrogens with zero attached hydrogens (tertiary/aromatic N) is 1. The molecule has 0 radical (unpaired) electrons. The summed E-state index contributed by atoms with van der Waals surface area (Å²) in [6.07, 6.45) is 1.98. The molecule has 2 heterocycles. The van der Waals surface area contributed by atoms with E-state index in [4.69, 9.17) is 4.74 Å². The Morgan fingerprint density at radius 2 is 2.05 bits per heavy atom. The van der Waals surface area contributed by atoms with Gasteiger partial charge in [-0.25, -0.2) is 4.98 Å². The summed E-state index contributed by atoms with van der Waals surface area (Å²) in [6.45, 7) is 8.05. The zero-order valence-corrected chi connectivity index (χ0v) is 12.6. The lowest BCUT2D eigenvalue weighted by Crippen LogP contribution is -2.39. The Kier molecular flexibility index (Phi) is 4.89. The van der Waals surface area contributed by atoms with Gasteiger partial charge in [0.2, 0.25) is 0 Å². The predicted octanol–water partition coefficient (Wildman–Crippen LogP) is 2.55. The number of carbonyl (C=O) groups excluding carboxylic acids is 1. The Labute approximate surface area is 120 Å². The number of hydrogen-bond donors (Lipinski definition) is 1. The van der Waals surface area contributed by atoms with Gasteiger partial charge in [0.15, 0.2) is 5.78 Å². The molecule has 0 bridgehead atoms. The Morgan fingerprint density at radius 1 is 1.35 bits per heavy atom. The minimum Gasteiger partial charge on any atom is -0.381 e. The van der Waals surface area contributed by atoms with Crippen molar-refractivity contribution < 1.29 is 9.53 Å². The van der Waals surface area contributed by atoms with Crippen LogP contribution in [0.1, 0.15) is 55.7 Å². The first kappa shape index (κ1) is 15.1. The zero-order valence-electron chi connectivity index (χ0n) is 12.6. The molecule has 0 saturated carbocycles. The van der Waals surface area contributed by atoms with Crippen LogP contribution in [0.2, 0.25) is 0 Å². The Bertz CT molecular complexity index is 460. The maximum absolute atomic E-state index is 12.2. The van der Waals surface area contributed by atoms with Crippen LogP contribution in [0, 0.1) is 0 Å². The topological polar surface area (TPSA) is 51.2 Å². The van der Waals surface area contributed by atoms with Crippen LogP contribution in [-0.4, -0.2) is 36.1 Å². The van der Waals surface area contributed by atoms with Crippen molar-refractivity contribution in [2.45, 2.75) is 45.1 Å². The summed E-state index contributed by atoms with van der Waals surface area (Å²) >= 11 is 0. The van der Waals surface area contributed by atoms with Crippen LogP contribution in [0.25, 0.3) is 0 Å². The van der Waals surface area contributed by atoms with Crippen molar-refractivity contribution in [1.29, 1.82) is 0 Å². The molecular weight excluding hydrogens is 252 g/mol. The smallest absolute Gasteiger partial charge is 0.194 e. The number of carbonyl (C=O) groups is 1. The summed E-state index contributed by atoms with van der Waals surface area (Å²) in [5.41, 5.74) is 1.52. The first-order valence-corrected chi connectivity index (χ1v) is 7.28. The van der Waals surface area contributed by atoms with Gasteiger partial charge in [-0.05, 0) is 45.7 Å². The first-order valence-electron chi connectivity index (χ1n) is 7.28. The summed E-state index contributed by atoms with van der Waals surface area (Å²) in [6, 6.07) is 5.75. The van der Waals surface area contributed by atoms with E-state index in [1.807, 2.05) is 32.9 Å². The van der Waals surface area contributed by atoms with Crippen molar-refractivity contribution in [2.75, 3.05) is 19.8 Å². The van der Waals surface area contributed by atoms with E-state index in [1.165, 1.54) is 0 Å². The van der Waals surface area contributed by atoms with Crippen molar-refractivity contribution in [2.24, 2.45) is 0 Å². The van der Waals surface area contributed by atoms with Gasteiger partial charge in [0, 0.05) is 30.4 Å². The molecule has 1 fully saturated rings. The maximum atomic E-state index is 12.2. The average Bonchev–Trinajstić information content (AvgIpc) is 2.45. The summed E-state index contributed by atoms with van der Waals surface area (Å²) in [5, 5.41) is 3.21. The van der Waals surface area contributed by atoms with Crippen molar-refractivity contribution in [1.82, 2.24) is 10.3 Å². The summed E-state index contributed by atoms with van der Waals surface area (Å²) in [4.78, 5) is 16.7. The fraction of sp³-hybridized carbons (Fsp3) is 0.625. The molecule has 4 nitrogen and oxygen atoms in total. The lowest BCUT2D eigenvalue weighted by Gasteiger charge is -2.22. The highest BCUT2D eigenvalue weighted by atomic mass is 16.5. The standard InChI is InChI=1S/C16H24N2O2/c1-16(2,3)17-11-15(19)14-6-4-5-13(18-14)12-7-9-20-10-8-12/h4-6,12,17H,7-11H2,1-3H3. The fourth-order valence-electron chi connectivity index (χ4n) is 2.26. The Balaban J connectivity index is 2.03. The van der Waals surface area contributed by atoms with Gasteiger partial charge in [-0.2, -0.15) is 0 Å². The van der Waals surface area contributed by atoms with E-state index in [1.54, 1.807) is 6.07 Å². The first-order chi connectivity index (χ1) is 9.46. The zero-order chi connectivity index (χ0) is 14.6. The summed E-state index contributed by atoms with van der Waals surface area (Å²) in [7, 11) is 0. The molecule has 2 rings (SSSR count). The van der Waals surface area contributed by atoms with Gasteiger partial charge in [0.1, 0.15) is 5.69 Å². The second kappa shape index (κ2) is 6.46. The number of aromatic nitrogens is 1. The number of nitrogens with one attached hydrogen (secondary N) is 1. The molecule has 4 heteroatoms. The van der Waals surface area contributed by atoms with Crippen LogP contribution >= 0.6 is 0 Å². The Hall–Kier alpha value is -1.26. The van der Waals surface area contributed by atoms with Crippen LogP contribution in [0.4, 0.5) is 0 Å². The molecule has 110 valence electrons. The van der Waals surface area contributed by atoms with Crippen LogP contribution in [0.5, 0.6) is 0 Å². The highest BCUT2D eigenvalue weighted by molar-refractivity contribution is 5.95. The summed E-state index contributed by atoms with van der Waals surface area (Å²) in [5.74, 6) is 0.473. The molecule has 0 aromatic carbocycles. The number of rotatable bonds is 4. The molecule has 1 aliphatic heterocycles. The quantitative estimate of drug-likeness (QED) is 0.859. The second-order valence-corrected chi connectivity index (χ2v) is 6.36. The summed E-state index contributed by atoms with van der Waals surface area (Å²) < 4.78 is 5.37. The van der Waals surface area contributed by atoms with Crippen LogP contribution < -0.4 is 5.32 Å². The molecular formula is C16H24N2O2. The Morgan fingerprint density at radius 3 is 2.70 bits per heavy atom. The fourth-order valence-corrected chi connectivity index (χ4v) is 2.26. The van der Waals surface area contributed by atoms with Crippen molar-refractivity contribution in [3.8, 4) is 0 Å². The van der Waals surface area contributed by atoms with E-state index < -0.39 is 0 Å². The molecule has 0 spiro atoms. The number of hydrogen-bond acceptors (Lipinski definition) is 4. The lowest BCUT2D eigenvalue weighted by atomic mass is 9.95. The molecule has 1 aromatic heterocycles. The van der Waals surface area contributed by atoms with Gasteiger partial charge in [-0.3, -0.25) is 4.79 Å². The van der Waals surface area contributed by atoms with E-state index >= 15 is 0 Å². The molecule has 1 N–H and O–H groups in total. The van der Waals surface area contributed by atoms with E-state index in [-0.39, 0.29) is 11.3 Å². The van der Waals surface area contributed by atoms with Crippen molar-refractivity contribution in [3.05, 3.63) is 29.6 Å². The minimum absolute atomic E-state index is 0.0498. The number of pyridine rings is 1. The van der Waals surface area contributed by atoms with Crippen LogP contribution in [0.15, 0.2) is 18.2 Å². The van der Waals surface area contributed by atoms with Gasteiger partial charge >= 0.3 is 0 Å². The number of Topliss-reactive ketones (excluding diaryl/α,β-unsaturated/α-hetero) is 1. The van der Waals surface area contributed by atoms with E-state index in [2.05, 4.69) is 10.3 Å². The average molecular weight is 276 g/mol. The molecule has 1 saturated heterocycles. The highest BCUT2D eigenvalue weighted by Gasteiger charge is 2.19. The molecule has 0 amide bonds. The second-order valence-electron chi connectivity index (χ2n) is 6.36. The molecule has 0 aliphatic carbocycles. The third-order valence-corrected chi connectivity index (χ3v) is 3.48. The molecule has 1 aromatic rings. The van der Waals surface area contributed by atoms with Gasteiger partial charge in [-0.1, -0.05) is 6.07 Å². The predicted molar refractivity (Wildman–Crippen MR) is 79.1 cm³/mol. The van der Waals surface area contributed by atoms with Gasteiger partial charge < -0.3 is 10.1 Å². The monoisotopic (exact) mass is 276 g/mol. The van der Waals surface area contributed by atoms with Crippen molar-refractivity contribution in [3.63, 3.8) is 0 Å². The third kappa shape index (κ3) is 4.39. The van der Waals surface area contributed by atoms with Crippen molar-refractivity contribution >= 4 is 5.78 Å². The number of ketones is 1. The van der Waals surface area contributed by atoms with Gasteiger partial charge in [0.05, 0.1) is 6.54 Å². The van der Waals surface area contributed by atoms with Gasteiger partial charge in [-0.15, -0.1) is 0 Å². The normalized spacial score (nSPS) is 17.1. The van der Waals surface area contributed by atoms with Gasteiger partial charge in [0.25, 0.3) is 0 Å². The SMILES string of the molecule is CC(C)(C)NCC(=O)c1cccc(C2CCOCC2)n1. The van der Waals surface area contributed by atoms with E-state index in [9.17, 15) is 4.79 Å². The maximum Gasteiger partial charge on any atom is 0.194 e. The molecule has 20 heavy (non-hydrogen) atoms. The number of ether oxygens (including phenoxy) is 1. The molecule has 0 atom stereocenters. The van der Waals surface area contributed by atoms with E-state index in [0.29, 0.717) is 18.2 Å². The van der Waals surface area contributed by atoms with Crippen LogP contribution in [-0.2, 0) is 4.74 Å². The molecule has 1 aliphatic rings.